The van der Waals surface area contributed by atoms with Crippen molar-refractivity contribution in [2.45, 2.75) is 12.8 Å². The first kappa shape index (κ1) is 12.5. The molecule has 0 spiro atoms. The van der Waals surface area contributed by atoms with Crippen LogP contribution in [0.3, 0.4) is 0 Å². The Morgan fingerprint density at radius 1 is 1.20 bits per heavy atom. The summed E-state index contributed by atoms with van der Waals surface area (Å²) < 4.78 is 11.2. The summed E-state index contributed by atoms with van der Waals surface area (Å²) in [5, 5.41) is 10.6. The average molecular weight is 271 g/mol. The van der Waals surface area contributed by atoms with Crippen molar-refractivity contribution in [1.29, 1.82) is 0 Å². The van der Waals surface area contributed by atoms with Gasteiger partial charge < -0.3 is 9.47 Å². The lowest BCUT2D eigenvalue weighted by atomic mass is 10.0. The van der Waals surface area contributed by atoms with Crippen LogP contribution in [0.15, 0.2) is 42.5 Å². The zero-order valence-electron chi connectivity index (χ0n) is 10.9. The van der Waals surface area contributed by atoms with E-state index in [1.807, 2.05) is 18.2 Å². The molecule has 20 heavy (non-hydrogen) atoms. The van der Waals surface area contributed by atoms with Gasteiger partial charge in [0.15, 0.2) is 0 Å². The summed E-state index contributed by atoms with van der Waals surface area (Å²) in [5.74, 6) is 2.46. The van der Waals surface area contributed by atoms with Gasteiger partial charge in [0.2, 0.25) is 0 Å². The minimum atomic E-state index is -0.436. The van der Waals surface area contributed by atoms with E-state index < -0.39 is 4.92 Å². The largest absolute Gasteiger partial charge is 0.493 e. The number of nitro groups is 1. The molecule has 0 N–H and O–H groups in total. The lowest BCUT2D eigenvalue weighted by Crippen LogP contribution is -1.93. The maximum Gasteiger partial charge on any atom is 0.269 e. The Kier molecular flexibility index (Phi) is 3.02. The molecule has 0 radical (unpaired) electrons. The predicted octanol–water partition coefficient (Wildman–Crippen LogP) is 3.88. The molecule has 1 atom stereocenters. The van der Waals surface area contributed by atoms with Crippen LogP contribution < -0.4 is 9.47 Å². The van der Waals surface area contributed by atoms with E-state index in [0.29, 0.717) is 24.0 Å². The molecule has 102 valence electrons. The molecule has 1 aliphatic rings. The number of ether oxygens (including phenoxy) is 2. The fraction of sp³-hybridized carbons (Fsp3) is 0.200. The Morgan fingerprint density at radius 3 is 2.60 bits per heavy atom. The smallest absolute Gasteiger partial charge is 0.269 e. The van der Waals surface area contributed by atoms with Gasteiger partial charge in [0.25, 0.3) is 5.69 Å². The second-order valence-electron chi connectivity index (χ2n) is 4.76. The maximum absolute atomic E-state index is 10.6. The molecule has 3 rings (SSSR count). The van der Waals surface area contributed by atoms with Crippen LogP contribution in [0.25, 0.3) is 0 Å². The fourth-order valence-corrected chi connectivity index (χ4v) is 2.19. The Bertz CT molecular complexity index is 651. The monoisotopic (exact) mass is 271 g/mol. The van der Waals surface area contributed by atoms with Crippen LogP contribution >= 0.6 is 0 Å². The Morgan fingerprint density at radius 2 is 1.90 bits per heavy atom. The number of non-ortho nitro benzene ring substituents is 1. The lowest BCUT2D eigenvalue weighted by molar-refractivity contribution is -0.384. The molecular formula is C15H13NO4. The molecule has 1 unspecified atom stereocenters. The minimum Gasteiger partial charge on any atom is -0.493 e. The predicted molar refractivity (Wildman–Crippen MR) is 73.5 cm³/mol. The van der Waals surface area contributed by atoms with E-state index in [4.69, 9.17) is 9.47 Å². The van der Waals surface area contributed by atoms with Crippen LogP contribution in [-0.4, -0.2) is 11.5 Å². The summed E-state index contributed by atoms with van der Waals surface area (Å²) in [4.78, 5) is 10.1. The molecule has 0 aliphatic carbocycles. The van der Waals surface area contributed by atoms with Crippen LogP contribution in [0, 0.1) is 10.1 Å². The van der Waals surface area contributed by atoms with Crippen molar-refractivity contribution in [3.63, 3.8) is 0 Å². The topological polar surface area (TPSA) is 61.6 Å². The van der Waals surface area contributed by atoms with Gasteiger partial charge in [-0.1, -0.05) is 13.0 Å². The molecule has 5 nitrogen and oxygen atoms in total. The van der Waals surface area contributed by atoms with E-state index in [1.165, 1.54) is 17.7 Å². The number of nitrogens with zero attached hydrogens (tertiary/aromatic N) is 1. The minimum absolute atomic E-state index is 0.0449. The molecular weight excluding hydrogens is 258 g/mol. The third-order valence-corrected chi connectivity index (χ3v) is 3.29. The molecule has 0 bridgehead atoms. The number of nitro benzene ring substituents is 1. The van der Waals surface area contributed by atoms with E-state index >= 15 is 0 Å². The highest BCUT2D eigenvalue weighted by Gasteiger charge is 2.20. The first-order valence-electron chi connectivity index (χ1n) is 6.32. The second kappa shape index (κ2) is 4.85. The van der Waals surface area contributed by atoms with Crippen molar-refractivity contribution in [2.75, 3.05) is 6.61 Å². The summed E-state index contributed by atoms with van der Waals surface area (Å²) in [6, 6.07) is 11.7. The van der Waals surface area contributed by atoms with E-state index in [1.54, 1.807) is 12.1 Å². The Labute approximate surface area is 115 Å². The van der Waals surface area contributed by atoms with Crippen molar-refractivity contribution in [3.8, 4) is 17.2 Å². The van der Waals surface area contributed by atoms with Gasteiger partial charge in [0.1, 0.15) is 17.2 Å². The number of benzene rings is 2. The normalized spacial score (nSPS) is 16.4. The highest BCUT2D eigenvalue weighted by atomic mass is 16.6. The third-order valence-electron chi connectivity index (χ3n) is 3.29. The Hall–Kier alpha value is -2.56. The highest BCUT2D eigenvalue weighted by molar-refractivity contribution is 5.46. The first-order chi connectivity index (χ1) is 9.63. The molecule has 2 aromatic rings. The van der Waals surface area contributed by atoms with Gasteiger partial charge in [0.05, 0.1) is 11.5 Å². The van der Waals surface area contributed by atoms with Crippen LogP contribution in [0.4, 0.5) is 5.69 Å². The van der Waals surface area contributed by atoms with Gasteiger partial charge in [-0.25, -0.2) is 0 Å². The van der Waals surface area contributed by atoms with E-state index in [0.717, 1.165) is 5.75 Å². The van der Waals surface area contributed by atoms with Crippen molar-refractivity contribution in [2.24, 2.45) is 0 Å². The number of hydrogen-bond acceptors (Lipinski definition) is 4. The van der Waals surface area contributed by atoms with Crippen LogP contribution in [0.1, 0.15) is 18.4 Å². The molecule has 1 heterocycles. The lowest BCUT2D eigenvalue weighted by Gasteiger charge is -2.07. The van der Waals surface area contributed by atoms with Crippen LogP contribution in [0.2, 0.25) is 0 Å². The van der Waals surface area contributed by atoms with Gasteiger partial charge >= 0.3 is 0 Å². The number of rotatable bonds is 3. The van der Waals surface area contributed by atoms with Crippen LogP contribution in [-0.2, 0) is 0 Å². The van der Waals surface area contributed by atoms with E-state index in [-0.39, 0.29) is 5.69 Å². The Balaban J connectivity index is 1.79. The second-order valence-corrected chi connectivity index (χ2v) is 4.76. The van der Waals surface area contributed by atoms with Gasteiger partial charge in [-0.05, 0) is 18.2 Å². The van der Waals surface area contributed by atoms with Crippen LogP contribution in [0.5, 0.6) is 17.2 Å². The van der Waals surface area contributed by atoms with Gasteiger partial charge in [-0.3, -0.25) is 10.1 Å². The SMILES string of the molecule is CC1COc2cc(Oc3ccc([N+](=O)[O-])cc3)ccc21. The number of fused-ring (bicyclic) bond motifs is 1. The summed E-state index contributed by atoms with van der Waals surface area (Å²) in [6.07, 6.45) is 0. The maximum atomic E-state index is 10.6. The summed E-state index contributed by atoms with van der Waals surface area (Å²) in [6.45, 7) is 2.80. The molecule has 0 saturated heterocycles. The highest BCUT2D eigenvalue weighted by Crippen LogP contribution is 2.37. The summed E-state index contributed by atoms with van der Waals surface area (Å²) in [5.41, 5.74) is 1.23. The molecule has 0 amide bonds. The van der Waals surface area contributed by atoms with Gasteiger partial charge in [-0.15, -0.1) is 0 Å². The molecule has 0 saturated carbocycles. The standard InChI is InChI=1S/C15H13NO4/c1-10-9-19-15-8-13(6-7-14(10)15)20-12-4-2-11(3-5-12)16(17)18/h2-8,10H,9H2,1H3. The zero-order chi connectivity index (χ0) is 14.1. The number of hydrogen-bond donors (Lipinski definition) is 0. The third kappa shape index (κ3) is 2.30. The van der Waals surface area contributed by atoms with Crippen molar-refractivity contribution >= 4 is 5.69 Å². The van der Waals surface area contributed by atoms with E-state index in [9.17, 15) is 10.1 Å². The molecule has 0 aromatic heterocycles. The fourth-order valence-electron chi connectivity index (χ4n) is 2.19. The average Bonchev–Trinajstić information content (AvgIpc) is 2.81. The molecule has 0 fully saturated rings. The van der Waals surface area contributed by atoms with Crippen molar-refractivity contribution in [1.82, 2.24) is 0 Å². The summed E-state index contributed by atoms with van der Waals surface area (Å²) >= 11 is 0. The van der Waals surface area contributed by atoms with Gasteiger partial charge in [-0.2, -0.15) is 0 Å². The molecule has 5 heteroatoms. The van der Waals surface area contributed by atoms with E-state index in [2.05, 4.69) is 6.92 Å². The quantitative estimate of drug-likeness (QED) is 0.627. The zero-order valence-corrected chi connectivity index (χ0v) is 10.9. The molecule has 2 aromatic carbocycles. The summed E-state index contributed by atoms with van der Waals surface area (Å²) in [7, 11) is 0. The van der Waals surface area contributed by atoms with Gasteiger partial charge in [0, 0.05) is 29.7 Å². The van der Waals surface area contributed by atoms with Crippen molar-refractivity contribution in [3.05, 3.63) is 58.1 Å². The van der Waals surface area contributed by atoms with Crippen molar-refractivity contribution < 1.29 is 14.4 Å². The first-order valence-corrected chi connectivity index (χ1v) is 6.32. The molecule has 1 aliphatic heterocycles.